The van der Waals surface area contributed by atoms with E-state index in [-0.39, 0.29) is 17.1 Å². The van der Waals surface area contributed by atoms with Crippen molar-refractivity contribution in [3.63, 3.8) is 0 Å². The zero-order valence-electron chi connectivity index (χ0n) is 11.7. The number of ketones is 1. The number of benzene rings is 1. The van der Waals surface area contributed by atoms with E-state index in [2.05, 4.69) is 0 Å². The van der Waals surface area contributed by atoms with Crippen molar-refractivity contribution in [2.75, 3.05) is 18.1 Å². The molecular weight excluding hydrogens is 294 g/mol. The Bertz CT molecular complexity index is 515. The number of Topliss-reactive ketones (excluding diaryl/α,β-unsaturated/α-hetero) is 1. The standard InChI is InChI=1S/C16H18F2O2S/c17-12-2-1-3-13(18)14(12)15(19)11-4-7-20-16(10-11)5-8-21-9-6-16/h1-3,11H,4-10H2. The molecule has 0 aliphatic carbocycles. The molecule has 2 aliphatic heterocycles. The Morgan fingerprint density at radius 2 is 1.90 bits per heavy atom. The summed E-state index contributed by atoms with van der Waals surface area (Å²) in [4.78, 5) is 12.5. The van der Waals surface area contributed by atoms with Crippen LogP contribution in [0.25, 0.3) is 0 Å². The second-order valence-electron chi connectivity index (χ2n) is 5.79. The lowest BCUT2D eigenvalue weighted by Crippen LogP contribution is -2.44. The van der Waals surface area contributed by atoms with Crippen LogP contribution in [-0.4, -0.2) is 29.5 Å². The molecule has 21 heavy (non-hydrogen) atoms. The highest BCUT2D eigenvalue weighted by atomic mass is 32.2. The number of thioether (sulfide) groups is 1. The first-order valence-corrected chi connectivity index (χ1v) is 8.47. The van der Waals surface area contributed by atoms with Crippen LogP contribution in [0.1, 0.15) is 36.0 Å². The van der Waals surface area contributed by atoms with Gasteiger partial charge < -0.3 is 4.74 Å². The molecule has 1 aromatic carbocycles. The Morgan fingerprint density at radius 3 is 2.57 bits per heavy atom. The number of carbonyl (C=O) groups excluding carboxylic acids is 1. The molecule has 3 rings (SSSR count). The maximum Gasteiger partial charge on any atom is 0.172 e. The second-order valence-corrected chi connectivity index (χ2v) is 7.02. The zero-order chi connectivity index (χ0) is 14.9. The molecule has 0 radical (unpaired) electrons. The van der Waals surface area contributed by atoms with Gasteiger partial charge in [0.25, 0.3) is 0 Å². The lowest BCUT2D eigenvalue weighted by molar-refractivity contribution is -0.0960. The minimum absolute atomic E-state index is 0.258. The first-order valence-electron chi connectivity index (χ1n) is 7.31. The lowest BCUT2D eigenvalue weighted by atomic mass is 9.78. The van der Waals surface area contributed by atoms with Crippen molar-refractivity contribution < 1.29 is 18.3 Å². The van der Waals surface area contributed by atoms with Crippen LogP contribution in [0.2, 0.25) is 0 Å². The van der Waals surface area contributed by atoms with Gasteiger partial charge in [-0.3, -0.25) is 4.79 Å². The van der Waals surface area contributed by atoms with Crippen molar-refractivity contribution in [1.82, 2.24) is 0 Å². The molecule has 0 bridgehead atoms. The molecule has 2 saturated heterocycles. The lowest BCUT2D eigenvalue weighted by Gasteiger charge is -2.42. The van der Waals surface area contributed by atoms with E-state index in [1.165, 1.54) is 6.07 Å². The third kappa shape index (κ3) is 2.99. The van der Waals surface area contributed by atoms with Crippen LogP contribution in [0.5, 0.6) is 0 Å². The van der Waals surface area contributed by atoms with Gasteiger partial charge in [0.1, 0.15) is 11.6 Å². The highest BCUT2D eigenvalue weighted by Crippen LogP contribution is 2.40. The molecule has 1 aromatic rings. The average Bonchev–Trinajstić information content (AvgIpc) is 2.48. The summed E-state index contributed by atoms with van der Waals surface area (Å²) in [5.41, 5.74) is -0.643. The van der Waals surface area contributed by atoms with Gasteiger partial charge in [-0.1, -0.05) is 6.07 Å². The topological polar surface area (TPSA) is 26.3 Å². The van der Waals surface area contributed by atoms with Crippen molar-refractivity contribution >= 4 is 17.5 Å². The van der Waals surface area contributed by atoms with Crippen LogP contribution < -0.4 is 0 Å². The second kappa shape index (κ2) is 6.05. The summed E-state index contributed by atoms with van der Waals surface area (Å²) in [5.74, 6) is -0.233. The highest BCUT2D eigenvalue weighted by molar-refractivity contribution is 7.99. The molecule has 2 heterocycles. The smallest absolute Gasteiger partial charge is 0.172 e. The maximum atomic E-state index is 13.8. The fraction of sp³-hybridized carbons (Fsp3) is 0.562. The van der Waals surface area contributed by atoms with E-state index in [0.717, 1.165) is 36.5 Å². The largest absolute Gasteiger partial charge is 0.375 e. The maximum absolute atomic E-state index is 13.8. The predicted octanol–water partition coefficient (Wildman–Crippen LogP) is 3.84. The summed E-state index contributed by atoms with van der Waals surface area (Å²) in [5, 5.41) is 0. The number of rotatable bonds is 2. The third-order valence-corrected chi connectivity index (χ3v) is 5.46. The average molecular weight is 312 g/mol. The minimum Gasteiger partial charge on any atom is -0.375 e. The first kappa shape index (κ1) is 15.0. The van der Waals surface area contributed by atoms with E-state index in [1.54, 1.807) is 0 Å². The number of ether oxygens (including phenoxy) is 1. The molecular formula is C16H18F2O2S. The van der Waals surface area contributed by atoms with Gasteiger partial charge in [-0.15, -0.1) is 0 Å². The van der Waals surface area contributed by atoms with Crippen molar-refractivity contribution in [3.05, 3.63) is 35.4 Å². The Balaban J connectivity index is 1.81. The fourth-order valence-electron chi connectivity index (χ4n) is 3.28. The third-order valence-electron chi connectivity index (χ3n) is 4.48. The molecule has 0 amide bonds. The number of hydrogen-bond donors (Lipinski definition) is 0. The highest BCUT2D eigenvalue weighted by Gasteiger charge is 2.41. The molecule has 0 saturated carbocycles. The monoisotopic (exact) mass is 312 g/mol. The first-order chi connectivity index (χ1) is 10.1. The van der Waals surface area contributed by atoms with Crippen molar-refractivity contribution in [2.24, 2.45) is 5.92 Å². The van der Waals surface area contributed by atoms with Crippen molar-refractivity contribution in [3.8, 4) is 0 Å². The quantitative estimate of drug-likeness (QED) is 0.776. The molecule has 1 spiro atoms. The number of hydrogen-bond acceptors (Lipinski definition) is 3. The minimum atomic E-state index is -0.764. The normalized spacial score (nSPS) is 25.0. The fourth-order valence-corrected chi connectivity index (χ4v) is 4.52. The van der Waals surface area contributed by atoms with Crippen LogP contribution in [-0.2, 0) is 4.74 Å². The molecule has 114 valence electrons. The SMILES string of the molecule is O=C(c1c(F)cccc1F)C1CCOC2(CCSCC2)C1. The van der Waals surface area contributed by atoms with Gasteiger partial charge in [0.05, 0.1) is 11.2 Å². The van der Waals surface area contributed by atoms with Gasteiger partial charge in [-0.05, 0) is 49.3 Å². The summed E-state index contributed by atoms with van der Waals surface area (Å²) in [6, 6.07) is 3.57. The Labute approximate surface area is 127 Å². The Morgan fingerprint density at radius 1 is 1.24 bits per heavy atom. The predicted molar refractivity (Wildman–Crippen MR) is 78.7 cm³/mol. The van der Waals surface area contributed by atoms with E-state index in [1.807, 2.05) is 11.8 Å². The van der Waals surface area contributed by atoms with Gasteiger partial charge >= 0.3 is 0 Å². The summed E-state index contributed by atoms with van der Waals surface area (Å²) >= 11 is 1.89. The van der Waals surface area contributed by atoms with E-state index in [4.69, 9.17) is 4.74 Å². The van der Waals surface area contributed by atoms with Gasteiger partial charge in [0.2, 0.25) is 0 Å². The van der Waals surface area contributed by atoms with Crippen LogP contribution >= 0.6 is 11.8 Å². The number of carbonyl (C=O) groups is 1. The zero-order valence-corrected chi connectivity index (χ0v) is 12.6. The van der Waals surface area contributed by atoms with Crippen LogP contribution in [0, 0.1) is 17.6 Å². The van der Waals surface area contributed by atoms with Crippen LogP contribution in [0.4, 0.5) is 8.78 Å². The molecule has 2 nitrogen and oxygen atoms in total. The van der Waals surface area contributed by atoms with Gasteiger partial charge in [-0.2, -0.15) is 11.8 Å². The van der Waals surface area contributed by atoms with E-state index in [0.29, 0.717) is 19.4 Å². The number of halogens is 2. The molecule has 5 heteroatoms. The van der Waals surface area contributed by atoms with E-state index in [9.17, 15) is 13.6 Å². The van der Waals surface area contributed by atoms with E-state index >= 15 is 0 Å². The van der Waals surface area contributed by atoms with Crippen LogP contribution in [0.3, 0.4) is 0 Å². The summed E-state index contributed by atoms with van der Waals surface area (Å²) in [6.45, 7) is 0.497. The summed E-state index contributed by atoms with van der Waals surface area (Å²) in [7, 11) is 0. The summed E-state index contributed by atoms with van der Waals surface area (Å²) in [6.07, 6.45) is 2.96. The van der Waals surface area contributed by atoms with Gasteiger partial charge in [0.15, 0.2) is 5.78 Å². The van der Waals surface area contributed by atoms with Gasteiger partial charge in [-0.25, -0.2) is 8.78 Å². The molecule has 1 unspecified atom stereocenters. The van der Waals surface area contributed by atoms with Crippen molar-refractivity contribution in [1.29, 1.82) is 0 Å². The summed E-state index contributed by atoms with van der Waals surface area (Å²) < 4.78 is 33.5. The van der Waals surface area contributed by atoms with Crippen LogP contribution in [0.15, 0.2) is 18.2 Å². The molecule has 1 atom stereocenters. The van der Waals surface area contributed by atoms with E-state index < -0.39 is 17.4 Å². The molecule has 2 aliphatic rings. The molecule has 0 aromatic heterocycles. The Kier molecular flexibility index (Phi) is 4.31. The Hall–Kier alpha value is -0.940. The molecule has 2 fully saturated rings. The molecule has 0 N–H and O–H groups in total. The van der Waals surface area contributed by atoms with Gasteiger partial charge in [0, 0.05) is 12.5 Å². The van der Waals surface area contributed by atoms with Crippen molar-refractivity contribution in [2.45, 2.75) is 31.3 Å².